The molecule has 2 atom stereocenters. The van der Waals surface area contributed by atoms with Gasteiger partial charge in [-0.3, -0.25) is 0 Å². The summed E-state index contributed by atoms with van der Waals surface area (Å²) in [4.78, 5) is 0. The Morgan fingerprint density at radius 1 is 1.36 bits per heavy atom. The van der Waals surface area contributed by atoms with Crippen molar-refractivity contribution in [2.75, 3.05) is 13.7 Å². The van der Waals surface area contributed by atoms with Crippen LogP contribution in [0.2, 0.25) is 0 Å². The van der Waals surface area contributed by atoms with E-state index in [0.717, 1.165) is 5.56 Å². The van der Waals surface area contributed by atoms with Gasteiger partial charge in [-0.2, -0.15) is 0 Å². The van der Waals surface area contributed by atoms with E-state index in [1.165, 1.54) is 0 Å². The first-order valence-corrected chi connectivity index (χ1v) is 4.69. The van der Waals surface area contributed by atoms with Crippen molar-refractivity contribution in [2.45, 2.75) is 19.0 Å². The molecule has 1 aliphatic rings. The summed E-state index contributed by atoms with van der Waals surface area (Å²) in [6, 6.07) is 9.69. The van der Waals surface area contributed by atoms with Crippen molar-refractivity contribution in [3.8, 4) is 0 Å². The first-order chi connectivity index (χ1) is 6.77. The van der Waals surface area contributed by atoms with Crippen LogP contribution in [0.4, 0.5) is 0 Å². The molecule has 1 saturated heterocycles. The van der Waals surface area contributed by atoms with Crippen LogP contribution in [-0.2, 0) is 20.2 Å². The van der Waals surface area contributed by atoms with Gasteiger partial charge in [0.25, 0.3) is 0 Å². The summed E-state index contributed by atoms with van der Waals surface area (Å²) in [5, 5.41) is 0. The molecule has 0 spiro atoms. The minimum absolute atomic E-state index is 0.0650. The Morgan fingerprint density at radius 2 is 2.07 bits per heavy atom. The summed E-state index contributed by atoms with van der Waals surface area (Å²) in [5.41, 5.74) is 0.895. The highest BCUT2D eigenvalue weighted by molar-refractivity contribution is 5.19. The highest BCUT2D eigenvalue weighted by Gasteiger charge is 2.42. The van der Waals surface area contributed by atoms with Crippen LogP contribution in [-0.4, -0.2) is 19.8 Å². The zero-order valence-corrected chi connectivity index (χ0v) is 8.40. The first kappa shape index (κ1) is 9.65. The van der Waals surface area contributed by atoms with E-state index in [1.807, 2.05) is 37.3 Å². The van der Waals surface area contributed by atoms with Crippen molar-refractivity contribution >= 4 is 0 Å². The molecule has 3 nitrogen and oxygen atoms in total. The Hall–Kier alpha value is -0.900. The Kier molecular flexibility index (Phi) is 2.54. The zero-order chi connectivity index (χ0) is 10.0. The van der Waals surface area contributed by atoms with Gasteiger partial charge in [0.05, 0.1) is 12.7 Å². The number of benzene rings is 1. The normalized spacial score (nSPS) is 32.0. The molecular formula is C11H14O3. The van der Waals surface area contributed by atoms with Crippen molar-refractivity contribution in [2.24, 2.45) is 0 Å². The average Bonchev–Trinajstić information content (AvgIpc) is 2.63. The van der Waals surface area contributed by atoms with Gasteiger partial charge < -0.3 is 14.2 Å². The molecule has 0 bridgehead atoms. The molecule has 76 valence electrons. The number of methoxy groups -OCH3 is 1. The van der Waals surface area contributed by atoms with E-state index in [0.29, 0.717) is 6.61 Å². The van der Waals surface area contributed by atoms with E-state index in [1.54, 1.807) is 7.11 Å². The lowest BCUT2D eigenvalue weighted by atomic mass is 10.2. The topological polar surface area (TPSA) is 27.7 Å². The second-order valence-corrected chi connectivity index (χ2v) is 3.37. The molecule has 0 saturated carbocycles. The molecule has 1 heterocycles. The number of ether oxygens (including phenoxy) is 3. The summed E-state index contributed by atoms with van der Waals surface area (Å²) >= 11 is 0. The maximum atomic E-state index is 5.64. The van der Waals surface area contributed by atoms with Gasteiger partial charge in [0.15, 0.2) is 0 Å². The predicted octanol–water partition coefficient (Wildman–Crippen LogP) is 1.88. The fourth-order valence-corrected chi connectivity index (χ4v) is 1.58. The SMILES string of the molecule is COC1(c2ccccc2)OC[C@@H](C)O1. The minimum Gasteiger partial charge on any atom is -0.327 e. The molecule has 0 aliphatic carbocycles. The smallest absolute Gasteiger partial charge is 0.312 e. The van der Waals surface area contributed by atoms with Crippen LogP contribution >= 0.6 is 0 Å². The average molecular weight is 194 g/mol. The molecule has 0 radical (unpaired) electrons. The summed E-state index contributed by atoms with van der Waals surface area (Å²) < 4.78 is 16.5. The third-order valence-corrected chi connectivity index (χ3v) is 2.26. The van der Waals surface area contributed by atoms with Gasteiger partial charge in [0, 0.05) is 12.7 Å². The third-order valence-electron chi connectivity index (χ3n) is 2.26. The third kappa shape index (κ3) is 1.54. The maximum absolute atomic E-state index is 5.64. The van der Waals surface area contributed by atoms with E-state index in [9.17, 15) is 0 Å². The molecule has 1 unspecified atom stereocenters. The second kappa shape index (κ2) is 3.69. The maximum Gasteiger partial charge on any atom is 0.312 e. The lowest BCUT2D eigenvalue weighted by Crippen LogP contribution is -2.29. The second-order valence-electron chi connectivity index (χ2n) is 3.37. The van der Waals surface area contributed by atoms with E-state index >= 15 is 0 Å². The van der Waals surface area contributed by atoms with Crippen molar-refractivity contribution < 1.29 is 14.2 Å². The van der Waals surface area contributed by atoms with E-state index in [4.69, 9.17) is 14.2 Å². The first-order valence-electron chi connectivity index (χ1n) is 4.69. The summed E-state index contributed by atoms with van der Waals surface area (Å²) in [6.07, 6.45) is 0.0650. The summed E-state index contributed by atoms with van der Waals surface area (Å²) in [6.45, 7) is 2.52. The lowest BCUT2D eigenvalue weighted by Gasteiger charge is -2.25. The number of hydrogen-bond acceptors (Lipinski definition) is 3. The van der Waals surface area contributed by atoms with Gasteiger partial charge in [-0.25, -0.2) is 0 Å². The molecule has 3 heteroatoms. The quantitative estimate of drug-likeness (QED) is 0.719. The fourth-order valence-electron chi connectivity index (χ4n) is 1.58. The van der Waals surface area contributed by atoms with Gasteiger partial charge >= 0.3 is 5.97 Å². The molecule has 0 aromatic heterocycles. The van der Waals surface area contributed by atoms with E-state index in [-0.39, 0.29) is 6.10 Å². The van der Waals surface area contributed by atoms with Gasteiger partial charge in [0.2, 0.25) is 0 Å². The minimum atomic E-state index is -0.999. The standard InChI is InChI=1S/C11H14O3/c1-9-8-13-11(12-2,14-9)10-6-4-3-5-7-10/h3-7,9H,8H2,1-2H3/t9-,11?/m1/s1. The van der Waals surface area contributed by atoms with Crippen LogP contribution < -0.4 is 0 Å². The summed E-state index contributed by atoms with van der Waals surface area (Å²) in [5.74, 6) is -0.999. The predicted molar refractivity (Wildman–Crippen MR) is 51.6 cm³/mol. The van der Waals surface area contributed by atoms with E-state index in [2.05, 4.69) is 0 Å². The highest BCUT2D eigenvalue weighted by Crippen LogP contribution is 2.34. The van der Waals surface area contributed by atoms with Crippen LogP contribution in [0.25, 0.3) is 0 Å². The number of hydrogen-bond donors (Lipinski definition) is 0. The molecule has 1 aliphatic heterocycles. The van der Waals surface area contributed by atoms with Crippen LogP contribution in [0.5, 0.6) is 0 Å². The summed E-state index contributed by atoms with van der Waals surface area (Å²) in [7, 11) is 1.59. The van der Waals surface area contributed by atoms with Crippen LogP contribution in [0, 0.1) is 0 Å². The van der Waals surface area contributed by atoms with Crippen molar-refractivity contribution in [3.05, 3.63) is 35.9 Å². The monoisotopic (exact) mass is 194 g/mol. The van der Waals surface area contributed by atoms with E-state index < -0.39 is 5.97 Å². The number of rotatable bonds is 2. The van der Waals surface area contributed by atoms with Crippen molar-refractivity contribution in [3.63, 3.8) is 0 Å². The van der Waals surface area contributed by atoms with Crippen LogP contribution in [0.15, 0.2) is 30.3 Å². The molecule has 1 aromatic carbocycles. The molecular weight excluding hydrogens is 180 g/mol. The molecule has 14 heavy (non-hydrogen) atoms. The fraction of sp³-hybridized carbons (Fsp3) is 0.455. The Bertz CT molecular complexity index is 299. The largest absolute Gasteiger partial charge is 0.327 e. The highest BCUT2D eigenvalue weighted by atomic mass is 16.9. The van der Waals surface area contributed by atoms with Gasteiger partial charge in [0.1, 0.15) is 0 Å². The lowest BCUT2D eigenvalue weighted by molar-refractivity contribution is -0.337. The van der Waals surface area contributed by atoms with Gasteiger partial charge in [-0.05, 0) is 6.92 Å². The molecule has 0 amide bonds. The molecule has 1 aromatic rings. The molecule has 1 fully saturated rings. The molecule has 0 N–H and O–H groups in total. The Labute approximate surface area is 83.6 Å². The van der Waals surface area contributed by atoms with Crippen molar-refractivity contribution in [1.29, 1.82) is 0 Å². The Morgan fingerprint density at radius 3 is 2.57 bits per heavy atom. The van der Waals surface area contributed by atoms with Crippen molar-refractivity contribution in [1.82, 2.24) is 0 Å². The zero-order valence-electron chi connectivity index (χ0n) is 8.40. The molecule has 2 rings (SSSR count). The van der Waals surface area contributed by atoms with Crippen LogP contribution in [0.1, 0.15) is 12.5 Å². The Balaban J connectivity index is 2.30. The van der Waals surface area contributed by atoms with Crippen LogP contribution in [0.3, 0.4) is 0 Å². The van der Waals surface area contributed by atoms with Gasteiger partial charge in [-0.15, -0.1) is 0 Å². The van der Waals surface area contributed by atoms with Gasteiger partial charge in [-0.1, -0.05) is 30.3 Å².